The van der Waals surface area contributed by atoms with E-state index in [1.807, 2.05) is 26.0 Å². The van der Waals surface area contributed by atoms with E-state index < -0.39 is 0 Å². The van der Waals surface area contributed by atoms with E-state index >= 15 is 0 Å². The van der Waals surface area contributed by atoms with Crippen LogP contribution in [-0.4, -0.2) is 23.3 Å². The first-order chi connectivity index (χ1) is 13.9. The molecule has 1 aliphatic rings. The second kappa shape index (κ2) is 7.58. The highest BCUT2D eigenvalue weighted by Gasteiger charge is 2.23. The number of halogens is 1. The summed E-state index contributed by atoms with van der Waals surface area (Å²) in [5, 5.41) is 1.15. The molecule has 0 N–H and O–H groups in total. The maximum absolute atomic E-state index is 13.0. The number of terminal acetylenes is 1. The minimum Gasteiger partial charge on any atom is -0.493 e. The number of hydrogen-bond acceptors (Lipinski definition) is 5. The van der Waals surface area contributed by atoms with E-state index in [1.165, 1.54) is 0 Å². The van der Waals surface area contributed by atoms with Crippen molar-refractivity contribution in [2.45, 2.75) is 26.8 Å². The van der Waals surface area contributed by atoms with Gasteiger partial charge < -0.3 is 9.47 Å². The van der Waals surface area contributed by atoms with Crippen LogP contribution in [0.15, 0.2) is 16.9 Å². The molecule has 1 aromatic carbocycles. The minimum absolute atomic E-state index is 0.0314. The van der Waals surface area contributed by atoms with Crippen molar-refractivity contribution >= 4 is 44.8 Å². The summed E-state index contributed by atoms with van der Waals surface area (Å²) in [6.07, 6.45) is 7.98. The molecule has 4 rings (SSSR count). The molecule has 3 aromatic rings. The van der Waals surface area contributed by atoms with E-state index in [4.69, 9.17) is 32.5 Å². The lowest BCUT2D eigenvalue weighted by atomic mass is 10.1. The van der Waals surface area contributed by atoms with Crippen LogP contribution in [0, 0.1) is 26.2 Å². The zero-order valence-electron chi connectivity index (χ0n) is 16.3. The van der Waals surface area contributed by atoms with Gasteiger partial charge in [-0.15, -0.1) is 17.8 Å². The van der Waals surface area contributed by atoms with Gasteiger partial charge in [-0.3, -0.25) is 9.36 Å². The molecule has 0 spiro atoms. The van der Waals surface area contributed by atoms with Gasteiger partial charge in [0, 0.05) is 11.4 Å². The lowest BCUT2D eigenvalue weighted by molar-refractivity contribution is 0.331. The van der Waals surface area contributed by atoms with Crippen LogP contribution in [-0.2, 0) is 6.54 Å². The molecule has 0 saturated heterocycles. The fraction of sp³-hybridized carbons (Fsp3) is 0.273. The molecule has 3 heterocycles. The van der Waals surface area contributed by atoms with Gasteiger partial charge in [0.2, 0.25) is 0 Å². The van der Waals surface area contributed by atoms with Gasteiger partial charge in [-0.25, -0.2) is 4.98 Å². The van der Waals surface area contributed by atoms with Crippen molar-refractivity contribution in [3.8, 4) is 23.8 Å². The fourth-order valence-corrected chi connectivity index (χ4v) is 4.83. The summed E-state index contributed by atoms with van der Waals surface area (Å²) in [4.78, 5) is 19.7. The monoisotopic (exact) mass is 426 g/mol. The van der Waals surface area contributed by atoms with E-state index in [-0.39, 0.29) is 12.2 Å². The third-order valence-electron chi connectivity index (χ3n) is 5.07. The summed E-state index contributed by atoms with van der Waals surface area (Å²) < 4.78 is 12.7. The number of benzene rings is 1. The van der Waals surface area contributed by atoms with Gasteiger partial charge in [0.25, 0.3) is 5.56 Å². The Morgan fingerprint density at radius 2 is 2.21 bits per heavy atom. The van der Waals surface area contributed by atoms with Crippen molar-refractivity contribution in [1.82, 2.24) is 9.55 Å². The zero-order valence-corrected chi connectivity index (χ0v) is 17.9. The van der Waals surface area contributed by atoms with Crippen LogP contribution in [0.2, 0.25) is 5.02 Å². The number of ether oxygens (including phenoxy) is 2. The number of aromatic nitrogens is 2. The maximum Gasteiger partial charge on any atom is 0.262 e. The van der Waals surface area contributed by atoms with E-state index in [0.29, 0.717) is 28.9 Å². The van der Waals surface area contributed by atoms with Crippen LogP contribution in [0.3, 0.4) is 0 Å². The molecule has 0 unspecified atom stereocenters. The molecule has 0 saturated carbocycles. The first-order valence-electron chi connectivity index (χ1n) is 9.10. The standard InChI is InChI=1S/C22H19ClN2O3S/c1-5-8-28-19-16(23)10-14(11-17(19)27-4)9-15-6-7-25-20(15)24-21-18(22(25)26)12(2)13(3)29-21/h1,9-11H,6-8H2,2-4H3/b15-9+. The molecule has 0 atom stereocenters. The fourth-order valence-electron chi connectivity index (χ4n) is 3.54. The first kappa shape index (κ1) is 19.6. The average molecular weight is 427 g/mol. The van der Waals surface area contributed by atoms with Crippen LogP contribution < -0.4 is 15.0 Å². The highest BCUT2D eigenvalue weighted by Crippen LogP contribution is 2.38. The summed E-state index contributed by atoms with van der Waals surface area (Å²) in [6, 6.07) is 3.63. The summed E-state index contributed by atoms with van der Waals surface area (Å²) in [7, 11) is 1.55. The molecular formula is C22H19ClN2O3S. The topological polar surface area (TPSA) is 53.4 Å². The SMILES string of the molecule is C#CCOc1c(Cl)cc(/C=C2\CCn3c2nc2sc(C)c(C)c2c3=O)cc1OC. The third-order valence-corrected chi connectivity index (χ3v) is 6.46. The van der Waals surface area contributed by atoms with Crippen LogP contribution >= 0.6 is 22.9 Å². The van der Waals surface area contributed by atoms with E-state index in [2.05, 4.69) is 5.92 Å². The van der Waals surface area contributed by atoms with Gasteiger partial charge in [-0.1, -0.05) is 17.5 Å². The number of fused-ring (bicyclic) bond motifs is 2. The van der Waals surface area contributed by atoms with Gasteiger partial charge >= 0.3 is 0 Å². The van der Waals surface area contributed by atoms with E-state index in [9.17, 15) is 4.79 Å². The van der Waals surface area contributed by atoms with Gasteiger partial charge in [0.15, 0.2) is 11.5 Å². The van der Waals surface area contributed by atoms with E-state index in [0.717, 1.165) is 38.2 Å². The lowest BCUT2D eigenvalue weighted by Crippen LogP contribution is -2.20. The normalized spacial score (nSPS) is 14.2. The van der Waals surface area contributed by atoms with Crippen molar-refractivity contribution in [3.05, 3.63) is 49.3 Å². The van der Waals surface area contributed by atoms with Crippen molar-refractivity contribution in [3.63, 3.8) is 0 Å². The largest absolute Gasteiger partial charge is 0.493 e. The molecular weight excluding hydrogens is 408 g/mol. The molecule has 0 fully saturated rings. The number of aryl methyl sites for hydroxylation is 2. The molecule has 148 valence electrons. The van der Waals surface area contributed by atoms with Crippen molar-refractivity contribution < 1.29 is 9.47 Å². The van der Waals surface area contributed by atoms with Crippen LogP contribution in [0.1, 0.15) is 28.2 Å². The van der Waals surface area contributed by atoms with E-state index in [1.54, 1.807) is 29.1 Å². The predicted molar refractivity (Wildman–Crippen MR) is 118 cm³/mol. The third kappa shape index (κ3) is 3.31. The number of allylic oxidation sites excluding steroid dienone is 1. The average Bonchev–Trinajstić information content (AvgIpc) is 3.22. The first-order valence-corrected chi connectivity index (χ1v) is 10.3. The molecule has 0 radical (unpaired) electrons. The van der Waals surface area contributed by atoms with Crippen molar-refractivity contribution in [2.75, 3.05) is 13.7 Å². The number of hydrogen-bond donors (Lipinski definition) is 0. The Hall–Kier alpha value is -2.75. The predicted octanol–water partition coefficient (Wildman–Crippen LogP) is 4.69. The van der Waals surface area contributed by atoms with Crippen LogP contribution in [0.25, 0.3) is 21.9 Å². The number of rotatable bonds is 4. The van der Waals surface area contributed by atoms with Crippen molar-refractivity contribution in [2.24, 2.45) is 0 Å². The second-order valence-corrected chi connectivity index (χ2v) is 8.41. The van der Waals surface area contributed by atoms with Crippen molar-refractivity contribution in [1.29, 1.82) is 0 Å². The van der Waals surface area contributed by atoms with Gasteiger partial charge in [0.1, 0.15) is 17.3 Å². The molecule has 29 heavy (non-hydrogen) atoms. The Bertz CT molecular complexity index is 1260. The lowest BCUT2D eigenvalue weighted by Gasteiger charge is -2.12. The Morgan fingerprint density at radius 3 is 2.93 bits per heavy atom. The highest BCUT2D eigenvalue weighted by atomic mass is 35.5. The smallest absolute Gasteiger partial charge is 0.262 e. The number of thiophene rings is 1. The van der Waals surface area contributed by atoms with Crippen LogP contribution in [0.5, 0.6) is 11.5 Å². The Kier molecular flexibility index (Phi) is 5.12. The number of methoxy groups -OCH3 is 1. The van der Waals surface area contributed by atoms with Crippen LogP contribution in [0.4, 0.5) is 0 Å². The summed E-state index contributed by atoms with van der Waals surface area (Å²) in [5.74, 6) is 4.05. The molecule has 1 aliphatic heterocycles. The summed E-state index contributed by atoms with van der Waals surface area (Å²) in [6.45, 7) is 4.72. The molecule has 0 aliphatic carbocycles. The minimum atomic E-state index is 0.0314. The number of nitrogens with zero attached hydrogens (tertiary/aromatic N) is 2. The molecule has 0 amide bonds. The van der Waals surface area contributed by atoms with Gasteiger partial charge in [-0.05, 0) is 55.2 Å². The molecule has 7 heteroatoms. The quantitative estimate of drug-likeness (QED) is 0.568. The summed E-state index contributed by atoms with van der Waals surface area (Å²) in [5.41, 5.74) is 2.89. The Labute approximate surface area is 177 Å². The molecule has 5 nitrogen and oxygen atoms in total. The van der Waals surface area contributed by atoms with Gasteiger partial charge in [-0.2, -0.15) is 0 Å². The Balaban J connectivity index is 1.81. The summed E-state index contributed by atoms with van der Waals surface area (Å²) >= 11 is 7.95. The maximum atomic E-state index is 13.0. The molecule has 2 aromatic heterocycles. The Morgan fingerprint density at radius 1 is 1.41 bits per heavy atom. The highest BCUT2D eigenvalue weighted by molar-refractivity contribution is 7.18. The zero-order chi connectivity index (χ0) is 20.7. The van der Waals surface area contributed by atoms with Gasteiger partial charge in [0.05, 0.1) is 17.5 Å². The second-order valence-electron chi connectivity index (χ2n) is 6.80. The molecule has 0 bridgehead atoms.